The van der Waals surface area contributed by atoms with E-state index in [2.05, 4.69) is 15.2 Å². The summed E-state index contributed by atoms with van der Waals surface area (Å²) in [5.41, 5.74) is 0.590. The van der Waals surface area contributed by atoms with Crippen LogP contribution in [0.4, 0.5) is 11.5 Å². The Labute approximate surface area is 155 Å². The Balaban J connectivity index is 1.33. The molecular formula is C19H18N4O4. The van der Waals surface area contributed by atoms with Crippen molar-refractivity contribution in [3.05, 3.63) is 66.6 Å². The minimum Gasteiger partial charge on any atom is -0.459 e. The number of nitrogens with zero attached hydrogens (tertiary/aromatic N) is 3. The van der Waals surface area contributed by atoms with Gasteiger partial charge < -0.3 is 24.0 Å². The largest absolute Gasteiger partial charge is 0.459 e. The highest BCUT2D eigenvalue weighted by molar-refractivity contribution is 6.02. The first-order valence-corrected chi connectivity index (χ1v) is 8.59. The van der Waals surface area contributed by atoms with Gasteiger partial charge in [0.15, 0.2) is 11.5 Å². The van der Waals surface area contributed by atoms with Crippen molar-refractivity contribution < 1.29 is 18.4 Å². The molecule has 8 heteroatoms. The highest BCUT2D eigenvalue weighted by Crippen LogP contribution is 2.18. The van der Waals surface area contributed by atoms with Gasteiger partial charge in [-0.3, -0.25) is 9.59 Å². The summed E-state index contributed by atoms with van der Waals surface area (Å²) in [6.45, 7) is 2.55. The molecule has 1 fully saturated rings. The van der Waals surface area contributed by atoms with Crippen LogP contribution in [0.1, 0.15) is 21.1 Å². The highest BCUT2D eigenvalue weighted by atomic mass is 16.3. The third-order valence-electron chi connectivity index (χ3n) is 4.37. The monoisotopic (exact) mass is 366 g/mol. The van der Waals surface area contributed by atoms with E-state index < -0.39 is 0 Å². The van der Waals surface area contributed by atoms with Crippen molar-refractivity contribution in [1.82, 2.24) is 9.88 Å². The van der Waals surface area contributed by atoms with E-state index in [4.69, 9.17) is 8.83 Å². The predicted molar refractivity (Wildman–Crippen MR) is 97.7 cm³/mol. The van der Waals surface area contributed by atoms with Crippen LogP contribution in [0.5, 0.6) is 0 Å². The zero-order chi connectivity index (χ0) is 18.6. The summed E-state index contributed by atoms with van der Waals surface area (Å²) >= 11 is 0. The van der Waals surface area contributed by atoms with Gasteiger partial charge in [0, 0.05) is 26.2 Å². The van der Waals surface area contributed by atoms with Gasteiger partial charge in [0.1, 0.15) is 5.82 Å². The molecule has 1 saturated heterocycles. The quantitative estimate of drug-likeness (QED) is 0.763. The molecule has 0 aliphatic carbocycles. The van der Waals surface area contributed by atoms with Gasteiger partial charge >= 0.3 is 0 Å². The molecule has 3 aromatic rings. The van der Waals surface area contributed by atoms with E-state index in [0.717, 1.165) is 5.82 Å². The Morgan fingerprint density at radius 1 is 0.926 bits per heavy atom. The van der Waals surface area contributed by atoms with E-state index in [1.807, 2.05) is 6.07 Å². The van der Waals surface area contributed by atoms with Gasteiger partial charge in [0.05, 0.1) is 24.4 Å². The normalized spacial score (nSPS) is 14.2. The van der Waals surface area contributed by atoms with E-state index in [1.54, 1.807) is 41.4 Å². The molecule has 0 unspecified atom stereocenters. The molecule has 0 saturated carbocycles. The first-order chi connectivity index (χ1) is 13.2. The Hall–Kier alpha value is -3.55. The third kappa shape index (κ3) is 3.69. The molecule has 3 aromatic heterocycles. The smallest absolute Gasteiger partial charge is 0.291 e. The van der Waals surface area contributed by atoms with E-state index in [-0.39, 0.29) is 17.6 Å². The molecule has 2 amide bonds. The molecule has 4 rings (SSSR count). The second kappa shape index (κ2) is 7.36. The fourth-order valence-electron chi connectivity index (χ4n) is 2.94. The number of hydrogen-bond donors (Lipinski definition) is 1. The lowest BCUT2D eigenvalue weighted by Crippen LogP contribution is -2.49. The number of rotatable bonds is 4. The standard InChI is InChI=1S/C19H18N4O4/c24-18(15-3-1-11-26-15)21-14-5-6-17(20-13-14)22-7-9-23(10-8-22)19(25)16-4-2-12-27-16/h1-6,11-13H,7-10H2,(H,21,24). The Morgan fingerprint density at radius 2 is 1.63 bits per heavy atom. The van der Waals surface area contributed by atoms with Crippen LogP contribution in [-0.2, 0) is 0 Å². The number of nitrogens with one attached hydrogen (secondary N) is 1. The average Bonchev–Trinajstić information content (AvgIpc) is 3.42. The van der Waals surface area contributed by atoms with Crippen LogP contribution in [-0.4, -0.2) is 47.9 Å². The van der Waals surface area contributed by atoms with Crippen LogP contribution in [0.25, 0.3) is 0 Å². The zero-order valence-corrected chi connectivity index (χ0v) is 14.5. The summed E-state index contributed by atoms with van der Waals surface area (Å²) in [4.78, 5) is 32.6. The summed E-state index contributed by atoms with van der Waals surface area (Å²) in [6, 6.07) is 10.3. The van der Waals surface area contributed by atoms with Gasteiger partial charge in [-0.05, 0) is 36.4 Å². The number of carbonyl (C=O) groups is 2. The molecule has 138 valence electrons. The summed E-state index contributed by atoms with van der Waals surface area (Å²) < 4.78 is 10.2. The number of carbonyl (C=O) groups excluding carboxylic acids is 2. The van der Waals surface area contributed by atoms with Crippen LogP contribution < -0.4 is 10.2 Å². The fraction of sp³-hybridized carbons (Fsp3) is 0.211. The van der Waals surface area contributed by atoms with Gasteiger partial charge in [0.25, 0.3) is 11.8 Å². The van der Waals surface area contributed by atoms with Crippen LogP contribution >= 0.6 is 0 Å². The first-order valence-electron chi connectivity index (χ1n) is 8.59. The van der Waals surface area contributed by atoms with Crippen molar-refractivity contribution in [2.45, 2.75) is 0 Å². The second-order valence-corrected chi connectivity index (χ2v) is 6.09. The van der Waals surface area contributed by atoms with Crippen molar-refractivity contribution in [1.29, 1.82) is 0 Å². The van der Waals surface area contributed by atoms with Crippen molar-refractivity contribution in [2.75, 3.05) is 36.4 Å². The number of hydrogen-bond acceptors (Lipinski definition) is 6. The van der Waals surface area contributed by atoms with E-state index in [0.29, 0.717) is 37.6 Å². The fourth-order valence-corrected chi connectivity index (χ4v) is 2.94. The third-order valence-corrected chi connectivity index (χ3v) is 4.37. The molecule has 1 aliphatic rings. The number of anilines is 2. The van der Waals surface area contributed by atoms with E-state index >= 15 is 0 Å². The topological polar surface area (TPSA) is 91.8 Å². The lowest BCUT2D eigenvalue weighted by molar-refractivity contribution is 0.0714. The lowest BCUT2D eigenvalue weighted by Gasteiger charge is -2.35. The summed E-state index contributed by atoms with van der Waals surface area (Å²) in [5, 5.41) is 2.74. The molecule has 27 heavy (non-hydrogen) atoms. The molecule has 8 nitrogen and oxygen atoms in total. The van der Waals surface area contributed by atoms with E-state index in [1.165, 1.54) is 12.5 Å². The molecule has 1 N–H and O–H groups in total. The number of aromatic nitrogens is 1. The minimum absolute atomic E-state index is 0.0939. The Kier molecular flexibility index (Phi) is 4.61. The maximum atomic E-state index is 12.3. The van der Waals surface area contributed by atoms with Crippen molar-refractivity contribution >= 4 is 23.3 Å². The van der Waals surface area contributed by atoms with E-state index in [9.17, 15) is 9.59 Å². The van der Waals surface area contributed by atoms with Crippen LogP contribution in [0, 0.1) is 0 Å². The summed E-state index contributed by atoms with van der Waals surface area (Å²) in [6.07, 6.45) is 4.56. The molecule has 4 heterocycles. The molecule has 0 atom stereocenters. The average molecular weight is 366 g/mol. The molecule has 0 bridgehead atoms. The molecule has 0 radical (unpaired) electrons. The van der Waals surface area contributed by atoms with Gasteiger partial charge in [-0.25, -0.2) is 4.98 Å². The Bertz CT molecular complexity index is 896. The van der Waals surface area contributed by atoms with Gasteiger partial charge in [0.2, 0.25) is 0 Å². The second-order valence-electron chi connectivity index (χ2n) is 6.09. The predicted octanol–water partition coefficient (Wildman–Crippen LogP) is 2.48. The Morgan fingerprint density at radius 3 is 2.22 bits per heavy atom. The van der Waals surface area contributed by atoms with Crippen molar-refractivity contribution in [2.24, 2.45) is 0 Å². The van der Waals surface area contributed by atoms with Crippen LogP contribution in [0.15, 0.2) is 64.0 Å². The number of pyridine rings is 1. The lowest BCUT2D eigenvalue weighted by atomic mass is 10.2. The highest BCUT2D eigenvalue weighted by Gasteiger charge is 2.24. The number of piperazine rings is 1. The summed E-state index contributed by atoms with van der Waals surface area (Å²) in [7, 11) is 0. The van der Waals surface area contributed by atoms with Crippen molar-refractivity contribution in [3.8, 4) is 0 Å². The summed E-state index contributed by atoms with van der Waals surface area (Å²) in [5.74, 6) is 0.994. The first kappa shape index (κ1) is 16.9. The SMILES string of the molecule is O=C(Nc1ccc(N2CCN(C(=O)c3ccco3)CC2)nc1)c1ccco1. The van der Waals surface area contributed by atoms with Gasteiger partial charge in [-0.2, -0.15) is 0 Å². The van der Waals surface area contributed by atoms with Gasteiger partial charge in [-0.1, -0.05) is 0 Å². The van der Waals surface area contributed by atoms with Crippen LogP contribution in [0.3, 0.4) is 0 Å². The van der Waals surface area contributed by atoms with Gasteiger partial charge in [-0.15, -0.1) is 0 Å². The zero-order valence-electron chi connectivity index (χ0n) is 14.5. The maximum absolute atomic E-state index is 12.3. The molecular weight excluding hydrogens is 348 g/mol. The maximum Gasteiger partial charge on any atom is 0.291 e. The molecule has 1 aliphatic heterocycles. The molecule has 0 spiro atoms. The number of amides is 2. The van der Waals surface area contributed by atoms with Crippen LogP contribution in [0.2, 0.25) is 0 Å². The van der Waals surface area contributed by atoms with Crippen molar-refractivity contribution in [3.63, 3.8) is 0 Å². The number of furan rings is 2. The minimum atomic E-state index is -0.320. The molecule has 0 aromatic carbocycles.